The Morgan fingerprint density at radius 2 is 2.00 bits per heavy atom. The van der Waals surface area contributed by atoms with Gasteiger partial charge in [0.1, 0.15) is 18.0 Å². The summed E-state index contributed by atoms with van der Waals surface area (Å²) in [4.78, 5) is 11.2. The lowest BCUT2D eigenvalue weighted by molar-refractivity contribution is 0.716. The van der Waals surface area contributed by atoms with Gasteiger partial charge in [0.2, 0.25) is 0 Å². The van der Waals surface area contributed by atoms with Gasteiger partial charge in [0, 0.05) is 25.2 Å². The van der Waals surface area contributed by atoms with Crippen LogP contribution in [0.15, 0.2) is 30.6 Å². The predicted molar refractivity (Wildman–Crippen MR) is 82.1 cm³/mol. The lowest BCUT2D eigenvalue weighted by atomic mass is 10.00. The van der Waals surface area contributed by atoms with Crippen LogP contribution in [0.2, 0.25) is 0 Å². The third kappa shape index (κ3) is 2.33. The largest absolute Gasteiger partial charge is 0.370 e. The molecule has 4 nitrogen and oxygen atoms in total. The van der Waals surface area contributed by atoms with Gasteiger partial charge in [0.05, 0.1) is 0 Å². The van der Waals surface area contributed by atoms with Crippen molar-refractivity contribution in [1.29, 1.82) is 0 Å². The van der Waals surface area contributed by atoms with E-state index in [4.69, 9.17) is 0 Å². The molecule has 2 aromatic rings. The molecule has 1 N–H and O–H groups in total. The molecule has 0 fully saturated rings. The summed E-state index contributed by atoms with van der Waals surface area (Å²) in [5, 5.41) is 3.30. The Kier molecular flexibility index (Phi) is 3.54. The third-order valence-corrected chi connectivity index (χ3v) is 3.83. The van der Waals surface area contributed by atoms with Crippen molar-refractivity contribution >= 4 is 11.6 Å². The van der Waals surface area contributed by atoms with Crippen molar-refractivity contribution in [3.8, 4) is 0 Å². The minimum Gasteiger partial charge on any atom is -0.370 e. The van der Waals surface area contributed by atoms with Crippen LogP contribution in [0.4, 0.5) is 11.6 Å². The minimum atomic E-state index is 0.875. The SMILES string of the molecule is CCNc1ncnc(N2CCc3ccccc3C2)c1C. The highest BCUT2D eigenvalue weighted by Crippen LogP contribution is 2.27. The summed E-state index contributed by atoms with van der Waals surface area (Å²) in [7, 11) is 0. The van der Waals surface area contributed by atoms with Crippen molar-refractivity contribution in [2.24, 2.45) is 0 Å². The van der Waals surface area contributed by atoms with Crippen molar-refractivity contribution in [2.75, 3.05) is 23.3 Å². The second kappa shape index (κ2) is 5.49. The van der Waals surface area contributed by atoms with Crippen LogP contribution in [0.3, 0.4) is 0 Å². The van der Waals surface area contributed by atoms with Crippen molar-refractivity contribution in [2.45, 2.75) is 26.8 Å². The highest BCUT2D eigenvalue weighted by Gasteiger charge is 2.19. The summed E-state index contributed by atoms with van der Waals surface area (Å²) in [6, 6.07) is 8.67. The Bertz CT molecular complexity index is 609. The van der Waals surface area contributed by atoms with Crippen LogP contribution in [-0.4, -0.2) is 23.1 Å². The standard InChI is InChI=1S/C16H20N4/c1-3-17-15-12(2)16(19-11-18-15)20-9-8-13-6-4-5-7-14(13)10-20/h4-7,11H,3,8-10H2,1-2H3,(H,17,18,19). The molecule has 0 bridgehead atoms. The van der Waals surface area contributed by atoms with Crippen LogP contribution in [0, 0.1) is 6.92 Å². The van der Waals surface area contributed by atoms with Crippen molar-refractivity contribution < 1.29 is 0 Å². The van der Waals surface area contributed by atoms with Gasteiger partial charge < -0.3 is 10.2 Å². The van der Waals surface area contributed by atoms with E-state index in [1.807, 2.05) is 0 Å². The maximum absolute atomic E-state index is 4.49. The highest BCUT2D eigenvalue weighted by molar-refractivity contribution is 5.58. The number of hydrogen-bond donors (Lipinski definition) is 1. The molecule has 0 saturated heterocycles. The molecule has 0 aliphatic carbocycles. The first kappa shape index (κ1) is 12.9. The smallest absolute Gasteiger partial charge is 0.137 e. The number of rotatable bonds is 3. The molecule has 104 valence electrons. The van der Waals surface area contributed by atoms with Gasteiger partial charge in [-0.2, -0.15) is 0 Å². The third-order valence-electron chi connectivity index (χ3n) is 3.83. The molecule has 0 radical (unpaired) electrons. The Morgan fingerprint density at radius 1 is 1.20 bits per heavy atom. The number of fused-ring (bicyclic) bond motifs is 1. The number of nitrogens with one attached hydrogen (secondary N) is 1. The summed E-state index contributed by atoms with van der Waals surface area (Å²) >= 11 is 0. The summed E-state index contributed by atoms with van der Waals surface area (Å²) in [6.07, 6.45) is 2.73. The average Bonchev–Trinajstić information content (AvgIpc) is 2.49. The summed E-state index contributed by atoms with van der Waals surface area (Å²) < 4.78 is 0. The van der Waals surface area contributed by atoms with E-state index in [9.17, 15) is 0 Å². The molecule has 1 aliphatic rings. The molecule has 1 aromatic carbocycles. The van der Waals surface area contributed by atoms with Crippen LogP contribution < -0.4 is 10.2 Å². The van der Waals surface area contributed by atoms with Gasteiger partial charge in [-0.15, -0.1) is 0 Å². The van der Waals surface area contributed by atoms with Crippen LogP contribution in [-0.2, 0) is 13.0 Å². The molecule has 2 heterocycles. The molecule has 3 rings (SSSR count). The van der Waals surface area contributed by atoms with E-state index >= 15 is 0 Å². The van der Waals surface area contributed by atoms with Gasteiger partial charge in [0.15, 0.2) is 0 Å². The fourth-order valence-electron chi connectivity index (χ4n) is 2.78. The Hall–Kier alpha value is -2.10. The molecular weight excluding hydrogens is 248 g/mol. The Morgan fingerprint density at radius 3 is 2.80 bits per heavy atom. The maximum Gasteiger partial charge on any atom is 0.137 e. The molecule has 4 heteroatoms. The van der Waals surface area contributed by atoms with Gasteiger partial charge >= 0.3 is 0 Å². The van der Waals surface area contributed by atoms with Crippen molar-refractivity contribution in [1.82, 2.24) is 9.97 Å². The Labute approximate surface area is 119 Å². The minimum absolute atomic E-state index is 0.875. The van der Waals surface area contributed by atoms with E-state index in [0.29, 0.717) is 0 Å². The predicted octanol–water partition coefficient (Wildman–Crippen LogP) is 2.78. The molecule has 0 spiro atoms. The first-order valence-corrected chi connectivity index (χ1v) is 7.16. The lowest BCUT2D eigenvalue weighted by Gasteiger charge is -2.31. The quantitative estimate of drug-likeness (QED) is 0.929. The zero-order valence-corrected chi connectivity index (χ0v) is 12.1. The summed E-state index contributed by atoms with van der Waals surface area (Å²) in [5.41, 5.74) is 4.00. The van der Waals surface area contributed by atoms with Crippen LogP contribution in [0.25, 0.3) is 0 Å². The highest BCUT2D eigenvalue weighted by atomic mass is 15.2. The summed E-state index contributed by atoms with van der Waals surface area (Å²) in [5.74, 6) is 1.99. The van der Waals surface area contributed by atoms with Crippen molar-refractivity contribution in [3.63, 3.8) is 0 Å². The van der Waals surface area contributed by atoms with E-state index in [1.54, 1.807) is 6.33 Å². The molecule has 0 unspecified atom stereocenters. The zero-order valence-electron chi connectivity index (χ0n) is 12.1. The number of hydrogen-bond acceptors (Lipinski definition) is 4. The summed E-state index contributed by atoms with van der Waals surface area (Å²) in [6.45, 7) is 6.99. The number of benzene rings is 1. The number of anilines is 2. The normalized spacial score (nSPS) is 14.0. The lowest BCUT2D eigenvalue weighted by Crippen LogP contribution is -2.31. The molecule has 1 aromatic heterocycles. The van der Waals surface area contributed by atoms with Gasteiger partial charge in [-0.1, -0.05) is 24.3 Å². The van der Waals surface area contributed by atoms with E-state index in [-0.39, 0.29) is 0 Å². The van der Waals surface area contributed by atoms with Crippen LogP contribution >= 0.6 is 0 Å². The van der Waals surface area contributed by atoms with E-state index < -0.39 is 0 Å². The average molecular weight is 268 g/mol. The monoisotopic (exact) mass is 268 g/mol. The van der Waals surface area contributed by atoms with Crippen LogP contribution in [0.5, 0.6) is 0 Å². The molecule has 1 aliphatic heterocycles. The Balaban J connectivity index is 1.90. The fraction of sp³-hybridized carbons (Fsp3) is 0.375. The second-order valence-electron chi connectivity index (χ2n) is 5.14. The first-order valence-electron chi connectivity index (χ1n) is 7.16. The molecule has 0 amide bonds. The molecule has 0 saturated carbocycles. The molecule has 0 atom stereocenters. The van der Waals surface area contributed by atoms with E-state index in [0.717, 1.165) is 43.3 Å². The van der Waals surface area contributed by atoms with Gasteiger partial charge in [-0.25, -0.2) is 9.97 Å². The second-order valence-corrected chi connectivity index (χ2v) is 5.14. The van der Waals surface area contributed by atoms with E-state index in [2.05, 4.69) is 58.3 Å². The first-order chi connectivity index (χ1) is 9.79. The van der Waals surface area contributed by atoms with Gasteiger partial charge in [0.25, 0.3) is 0 Å². The zero-order chi connectivity index (χ0) is 13.9. The molecule has 20 heavy (non-hydrogen) atoms. The van der Waals surface area contributed by atoms with Gasteiger partial charge in [-0.3, -0.25) is 0 Å². The number of nitrogens with zero attached hydrogens (tertiary/aromatic N) is 3. The molecular formula is C16H20N4. The van der Waals surface area contributed by atoms with Crippen LogP contribution in [0.1, 0.15) is 23.6 Å². The number of aromatic nitrogens is 2. The van der Waals surface area contributed by atoms with Gasteiger partial charge in [-0.05, 0) is 31.4 Å². The topological polar surface area (TPSA) is 41.1 Å². The maximum atomic E-state index is 4.49. The fourth-order valence-corrected chi connectivity index (χ4v) is 2.78. The van der Waals surface area contributed by atoms with E-state index in [1.165, 1.54) is 11.1 Å². The van der Waals surface area contributed by atoms with Crippen molar-refractivity contribution in [3.05, 3.63) is 47.3 Å².